The van der Waals surface area contributed by atoms with Gasteiger partial charge in [-0.25, -0.2) is 0 Å². The van der Waals surface area contributed by atoms with E-state index in [1.165, 1.54) is 16.8 Å². The van der Waals surface area contributed by atoms with Gasteiger partial charge in [-0.2, -0.15) is 0 Å². The molecule has 30 heavy (non-hydrogen) atoms. The molecule has 1 N–H and O–H groups in total. The number of carbonyl (C=O) groups excluding carboxylic acids is 2. The van der Waals surface area contributed by atoms with Crippen LogP contribution < -0.4 is 10.2 Å². The van der Waals surface area contributed by atoms with E-state index in [0.29, 0.717) is 25.2 Å². The Labute approximate surface area is 184 Å². The molecule has 2 amide bonds. The highest BCUT2D eigenvalue weighted by atomic mass is 35.5. The Morgan fingerprint density at radius 2 is 1.80 bits per heavy atom. The average Bonchev–Trinajstić information content (AvgIpc) is 3.13. The van der Waals surface area contributed by atoms with Crippen molar-refractivity contribution in [2.75, 3.05) is 37.6 Å². The number of pyridine rings is 1. The lowest BCUT2D eigenvalue weighted by molar-refractivity contribution is -0.120. The van der Waals surface area contributed by atoms with Gasteiger partial charge in [-0.3, -0.25) is 14.6 Å². The molecule has 1 aromatic carbocycles. The molecule has 7 heteroatoms. The average molecular weight is 429 g/mol. The molecule has 160 valence electrons. The van der Waals surface area contributed by atoms with Crippen LogP contribution in [0.25, 0.3) is 0 Å². The summed E-state index contributed by atoms with van der Waals surface area (Å²) in [6.07, 6.45) is 2.41. The van der Waals surface area contributed by atoms with Gasteiger partial charge in [-0.15, -0.1) is 12.4 Å². The van der Waals surface area contributed by atoms with Gasteiger partial charge in [0.05, 0.1) is 17.2 Å². The highest BCUT2D eigenvalue weighted by molar-refractivity contribution is 5.95. The van der Waals surface area contributed by atoms with Crippen LogP contribution >= 0.6 is 12.4 Å². The van der Waals surface area contributed by atoms with Gasteiger partial charge in [0.15, 0.2) is 0 Å². The van der Waals surface area contributed by atoms with Gasteiger partial charge in [0.1, 0.15) is 0 Å². The highest BCUT2D eigenvalue weighted by Crippen LogP contribution is 2.25. The minimum absolute atomic E-state index is 0. The summed E-state index contributed by atoms with van der Waals surface area (Å²) in [5.41, 5.74) is 6.06. The van der Waals surface area contributed by atoms with E-state index in [4.69, 9.17) is 0 Å². The van der Waals surface area contributed by atoms with Crippen molar-refractivity contribution in [2.24, 2.45) is 0 Å². The number of anilines is 1. The van der Waals surface area contributed by atoms with Crippen molar-refractivity contribution in [3.8, 4) is 0 Å². The fourth-order valence-corrected chi connectivity index (χ4v) is 4.35. The third-order valence-corrected chi connectivity index (χ3v) is 6.03. The molecule has 0 saturated carbocycles. The van der Waals surface area contributed by atoms with Crippen LogP contribution in [0.5, 0.6) is 0 Å². The Morgan fingerprint density at radius 3 is 2.40 bits per heavy atom. The van der Waals surface area contributed by atoms with E-state index in [2.05, 4.69) is 47.2 Å². The van der Waals surface area contributed by atoms with Crippen molar-refractivity contribution in [1.29, 1.82) is 0 Å². The Morgan fingerprint density at radius 1 is 1.07 bits per heavy atom. The summed E-state index contributed by atoms with van der Waals surface area (Å²) in [6, 6.07) is 8.41. The third-order valence-electron chi connectivity index (χ3n) is 6.03. The second-order valence-electron chi connectivity index (χ2n) is 8.13. The number of carbonyl (C=O) groups is 2. The lowest BCUT2D eigenvalue weighted by Crippen LogP contribution is -2.49. The number of piperazine rings is 1. The van der Waals surface area contributed by atoms with Gasteiger partial charge in [0.2, 0.25) is 5.91 Å². The van der Waals surface area contributed by atoms with Crippen LogP contribution in [0.4, 0.5) is 5.69 Å². The molecule has 0 aliphatic carbocycles. The first kappa shape index (κ1) is 22.1. The zero-order valence-corrected chi connectivity index (χ0v) is 18.6. The molecule has 0 spiro atoms. The largest absolute Gasteiger partial charge is 0.368 e. The van der Waals surface area contributed by atoms with Crippen molar-refractivity contribution in [2.45, 2.75) is 33.1 Å². The molecule has 2 aliphatic heterocycles. The molecule has 1 unspecified atom stereocenters. The number of halogens is 1. The lowest BCUT2D eigenvalue weighted by Gasteiger charge is -2.37. The molecule has 6 nitrogen and oxygen atoms in total. The number of aryl methyl sites for hydroxylation is 3. The third kappa shape index (κ3) is 4.29. The molecule has 1 atom stereocenters. The standard InChI is InChI=1S/C23H28N4O2.ClH/c1-15-4-5-21(17(3)12-15)26-8-10-27(11-9-26)23(29)19-14-25-20(13-16(19)2)18-6-7-24-22(18)28;/h4-5,12-14,18H,6-11H2,1-3H3,(H,24,28);1H. The van der Waals surface area contributed by atoms with Crippen LogP contribution in [0.1, 0.15) is 45.1 Å². The van der Waals surface area contributed by atoms with Crippen molar-refractivity contribution in [3.05, 3.63) is 58.4 Å². The molecule has 0 radical (unpaired) electrons. The molecular formula is C23H29ClN4O2. The number of hydrogen-bond donors (Lipinski definition) is 1. The van der Waals surface area contributed by atoms with Crippen LogP contribution in [-0.4, -0.2) is 54.4 Å². The highest BCUT2D eigenvalue weighted by Gasteiger charge is 2.29. The van der Waals surface area contributed by atoms with Crippen molar-refractivity contribution in [1.82, 2.24) is 15.2 Å². The van der Waals surface area contributed by atoms with E-state index in [1.807, 2.05) is 17.9 Å². The number of hydrogen-bond acceptors (Lipinski definition) is 4. The van der Waals surface area contributed by atoms with E-state index >= 15 is 0 Å². The van der Waals surface area contributed by atoms with Gasteiger partial charge in [-0.05, 0) is 50.5 Å². The predicted octanol–water partition coefficient (Wildman–Crippen LogP) is 2.99. The van der Waals surface area contributed by atoms with E-state index < -0.39 is 0 Å². The number of nitrogens with zero attached hydrogens (tertiary/aromatic N) is 3. The Bertz CT molecular complexity index is 954. The topological polar surface area (TPSA) is 65.5 Å². The summed E-state index contributed by atoms with van der Waals surface area (Å²) >= 11 is 0. The first-order valence-electron chi connectivity index (χ1n) is 10.3. The SMILES string of the molecule is Cc1ccc(N2CCN(C(=O)c3cnc(C4CCNC4=O)cc3C)CC2)c(C)c1.Cl. The molecule has 2 aliphatic rings. The first-order chi connectivity index (χ1) is 13.9. The van der Waals surface area contributed by atoms with Gasteiger partial charge >= 0.3 is 0 Å². The minimum Gasteiger partial charge on any atom is -0.368 e. The maximum Gasteiger partial charge on any atom is 0.255 e. The monoisotopic (exact) mass is 428 g/mol. The number of amides is 2. The van der Waals surface area contributed by atoms with E-state index in [1.54, 1.807) is 6.20 Å². The van der Waals surface area contributed by atoms with Crippen molar-refractivity contribution >= 4 is 29.9 Å². The second-order valence-corrected chi connectivity index (χ2v) is 8.13. The van der Waals surface area contributed by atoms with Crippen LogP contribution in [0.15, 0.2) is 30.5 Å². The number of rotatable bonds is 3. The zero-order valence-electron chi connectivity index (χ0n) is 17.8. The fraction of sp³-hybridized carbons (Fsp3) is 0.435. The molecule has 2 aromatic rings. The summed E-state index contributed by atoms with van der Waals surface area (Å²) in [6.45, 7) is 9.89. The number of nitrogens with one attached hydrogen (secondary N) is 1. The van der Waals surface area contributed by atoms with E-state index in [0.717, 1.165) is 30.8 Å². The minimum atomic E-state index is -0.195. The van der Waals surface area contributed by atoms with Crippen molar-refractivity contribution < 1.29 is 9.59 Å². The maximum atomic E-state index is 13.1. The van der Waals surface area contributed by atoms with Crippen molar-refractivity contribution in [3.63, 3.8) is 0 Å². The zero-order chi connectivity index (χ0) is 20.5. The van der Waals surface area contributed by atoms with Gasteiger partial charge < -0.3 is 15.1 Å². The Balaban J connectivity index is 0.00000256. The molecule has 2 fully saturated rings. The molecule has 4 rings (SSSR count). The summed E-state index contributed by atoms with van der Waals surface area (Å²) in [5, 5.41) is 2.84. The second kappa shape index (κ2) is 9.04. The van der Waals surface area contributed by atoms with Crippen LogP contribution in [0.2, 0.25) is 0 Å². The summed E-state index contributed by atoms with van der Waals surface area (Å²) in [7, 11) is 0. The van der Waals surface area contributed by atoms with Crippen LogP contribution in [0.3, 0.4) is 0 Å². The summed E-state index contributed by atoms with van der Waals surface area (Å²) in [5.74, 6) is -0.143. The Kier molecular flexibility index (Phi) is 6.66. The fourth-order valence-electron chi connectivity index (χ4n) is 4.35. The lowest BCUT2D eigenvalue weighted by atomic mass is 10.00. The first-order valence-corrected chi connectivity index (χ1v) is 10.3. The normalized spacial score (nSPS) is 18.8. The molecule has 3 heterocycles. The smallest absolute Gasteiger partial charge is 0.255 e. The van der Waals surface area contributed by atoms with Crippen LogP contribution in [-0.2, 0) is 4.79 Å². The van der Waals surface area contributed by atoms with Crippen LogP contribution in [0, 0.1) is 20.8 Å². The van der Waals surface area contributed by atoms with E-state index in [9.17, 15) is 9.59 Å². The molecule has 2 saturated heterocycles. The molecule has 1 aromatic heterocycles. The molecular weight excluding hydrogens is 400 g/mol. The summed E-state index contributed by atoms with van der Waals surface area (Å²) in [4.78, 5) is 33.7. The van der Waals surface area contributed by atoms with Gasteiger partial charge in [0, 0.05) is 44.6 Å². The van der Waals surface area contributed by atoms with E-state index in [-0.39, 0.29) is 30.1 Å². The Hall–Kier alpha value is -2.60. The van der Waals surface area contributed by atoms with Gasteiger partial charge in [-0.1, -0.05) is 17.7 Å². The number of aromatic nitrogens is 1. The van der Waals surface area contributed by atoms with Gasteiger partial charge in [0.25, 0.3) is 5.91 Å². The maximum absolute atomic E-state index is 13.1. The quantitative estimate of drug-likeness (QED) is 0.816. The summed E-state index contributed by atoms with van der Waals surface area (Å²) < 4.78 is 0. The predicted molar refractivity (Wildman–Crippen MR) is 121 cm³/mol. The number of benzene rings is 1. The molecule has 0 bridgehead atoms.